The van der Waals surface area contributed by atoms with Crippen LogP contribution in [0.25, 0.3) is 10.4 Å². The highest BCUT2D eigenvalue weighted by Crippen LogP contribution is 2.30. The van der Waals surface area contributed by atoms with Gasteiger partial charge in [-0.1, -0.05) is 60.9 Å². The van der Waals surface area contributed by atoms with Crippen LogP contribution in [0.5, 0.6) is 0 Å². The molecule has 0 unspecified atom stereocenters. The summed E-state index contributed by atoms with van der Waals surface area (Å²) in [6.07, 6.45) is 8.15. The fourth-order valence-electron chi connectivity index (χ4n) is 4.01. The zero-order chi connectivity index (χ0) is 20.4. The molecule has 0 N–H and O–H groups in total. The summed E-state index contributed by atoms with van der Waals surface area (Å²) >= 11 is 1.59. The van der Waals surface area contributed by atoms with E-state index in [1.165, 1.54) is 23.9 Å². The summed E-state index contributed by atoms with van der Waals surface area (Å²) in [5, 5.41) is 14.1. The summed E-state index contributed by atoms with van der Waals surface area (Å²) in [6.45, 7) is 3.65. The van der Waals surface area contributed by atoms with Gasteiger partial charge in [-0.15, -0.1) is 5.10 Å². The standard InChI is InChI=1S/C23H24N4OS/c1-16-13-17(2)27(22(28)20(16)14-24)25-23-26(19-11-7-4-8-12-19)15-21(29-23)18-9-5-3-6-10-18/h3,5-6,9-10,13,15,19H,4,7-8,11-12H2,1-2H3. The molecule has 2 heterocycles. The Kier molecular flexibility index (Phi) is 5.50. The SMILES string of the molecule is Cc1cc(C)n(N=c2sc(-c3ccccc3)cn2C2CCCCC2)c(=O)c1C#N. The quantitative estimate of drug-likeness (QED) is 0.633. The van der Waals surface area contributed by atoms with E-state index in [0.717, 1.165) is 33.8 Å². The lowest BCUT2D eigenvalue weighted by molar-refractivity contribution is 0.347. The number of hydrogen-bond acceptors (Lipinski definition) is 4. The minimum Gasteiger partial charge on any atom is -0.319 e. The van der Waals surface area contributed by atoms with E-state index >= 15 is 0 Å². The molecule has 0 spiro atoms. The molecular weight excluding hydrogens is 380 g/mol. The topological polar surface area (TPSA) is 63.1 Å². The van der Waals surface area contributed by atoms with Crippen LogP contribution in [0.4, 0.5) is 0 Å². The van der Waals surface area contributed by atoms with Gasteiger partial charge in [-0.25, -0.2) is 0 Å². The number of aromatic nitrogens is 2. The van der Waals surface area contributed by atoms with E-state index in [4.69, 9.17) is 5.10 Å². The number of benzene rings is 1. The molecular formula is C23H24N4OS. The number of aryl methyl sites for hydroxylation is 2. The molecule has 148 valence electrons. The minimum atomic E-state index is -0.352. The first-order valence-electron chi connectivity index (χ1n) is 10.0. The van der Waals surface area contributed by atoms with E-state index < -0.39 is 0 Å². The van der Waals surface area contributed by atoms with Gasteiger partial charge in [0.25, 0.3) is 5.56 Å². The van der Waals surface area contributed by atoms with Crippen molar-refractivity contribution in [1.29, 1.82) is 5.26 Å². The fraction of sp³-hybridized carbons (Fsp3) is 0.348. The van der Waals surface area contributed by atoms with Crippen molar-refractivity contribution in [2.24, 2.45) is 5.10 Å². The maximum atomic E-state index is 12.9. The predicted octanol–water partition coefficient (Wildman–Crippen LogP) is 4.74. The van der Waals surface area contributed by atoms with Gasteiger partial charge in [0.15, 0.2) is 0 Å². The molecule has 3 aromatic rings. The highest BCUT2D eigenvalue weighted by Gasteiger charge is 2.19. The monoisotopic (exact) mass is 404 g/mol. The van der Waals surface area contributed by atoms with Crippen molar-refractivity contribution < 1.29 is 0 Å². The van der Waals surface area contributed by atoms with Crippen molar-refractivity contribution in [2.45, 2.75) is 52.0 Å². The Morgan fingerprint density at radius 2 is 1.86 bits per heavy atom. The average molecular weight is 405 g/mol. The van der Waals surface area contributed by atoms with Gasteiger partial charge in [0, 0.05) is 17.9 Å². The second-order valence-electron chi connectivity index (χ2n) is 7.62. The van der Waals surface area contributed by atoms with E-state index in [9.17, 15) is 10.1 Å². The zero-order valence-corrected chi connectivity index (χ0v) is 17.6. The van der Waals surface area contributed by atoms with Gasteiger partial charge in [0.1, 0.15) is 11.6 Å². The molecule has 1 aliphatic carbocycles. The summed E-state index contributed by atoms with van der Waals surface area (Å²) in [6, 6.07) is 14.5. The molecule has 0 bridgehead atoms. The van der Waals surface area contributed by atoms with Crippen LogP contribution in [0.15, 0.2) is 52.5 Å². The van der Waals surface area contributed by atoms with Gasteiger partial charge >= 0.3 is 0 Å². The summed E-state index contributed by atoms with van der Waals surface area (Å²) < 4.78 is 3.62. The van der Waals surface area contributed by atoms with Gasteiger partial charge in [-0.05, 0) is 43.9 Å². The molecule has 1 aliphatic rings. The van der Waals surface area contributed by atoms with Crippen LogP contribution in [-0.2, 0) is 0 Å². The zero-order valence-electron chi connectivity index (χ0n) is 16.8. The van der Waals surface area contributed by atoms with Crippen LogP contribution >= 0.6 is 11.3 Å². The van der Waals surface area contributed by atoms with Crippen LogP contribution in [0.3, 0.4) is 0 Å². The number of rotatable bonds is 3. The Labute approximate surface area is 174 Å². The Bertz CT molecular complexity index is 1190. The number of thiazole rings is 1. The van der Waals surface area contributed by atoms with Crippen molar-refractivity contribution in [2.75, 3.05) is 0 Å². The van der Waals surface area contributed by atoms with Crippen molar-refractivity contribution in [3.05, 3.63) is 74.6 Å². The second-order valence-corrected chi connectivity index (χ2v) is 8.62. The van der Waals surface area contributed by atoms with E-state index in [1.54, 1.807) is 18.3 Å². The maximum Gasteiger partial charge on any atom is 0.289 e. The van der Waals surface area contributed by atoms with E-state index in [2.05, 4.69) is 22.9 Å². The Morgan fingerprint density at radius 1 is 1.14 bits per heavy atom. The fourth-order valence-corrected chi connectivity index (χ4v) is 5.06. The Balaban J connectivity index is 1.92. The highest BCUT2D eigenvalue weighted by atomic mass is 32.1. The van der Waals surface area contributed by atoms with E-state index in [-0.39, 0.29) is 11.1 Å². The van der Waals surface area contributed by atoms with Crippen LogP contribution in [0.1, 0.15) is 55.0 Å². The molecule has 5 nitrogen and oxygen atoms in total. The number of pyridine rings is 1. The Hall–Kier alpha value is -2.91. The molecule has 1 saturated carbocycles. The van der Waals surface area contributed by atoms with Crippen molar-refractivity contribution in [3.8, 4) is 16.5 Å². The van der Waals surface area contributed by atoms with Gasteiger partial charge in [0.2, 0.25) is 4.80 Å². The van der Waals surface area contributed by atoms with Gasteiger partial charge < -0.3 is 4.57 Å². The molecule has 29 heavy (non-hydrogen) atoms. The first kappa shape index (κ1) is 19.4. The predicted molar refractivity (Wildman–Crippen MR) is 116 cm³/mol. The first-order valence-corrected chi connectivity index (χ1v) is 10.9. The molecule has 2 aromatic heterocycles. The Morgan fingerprint density at radius 3 is 2.55 bits per heavy atom. The molecule has 6 heteroatoms. The third kappa shape index (κ3) is 3.83. The lowest BCUT2D eigenvalue weighted by Gasteiger charge is -2.23. The third-order valence-corrected chi connectivity index (χ3v) is 6.60. The normalized spacial score (nSPS) is 15.4. The molecule has 4 rings (SSSR count). The van der Waals surface area contributed by atoms with Gasteiger partial charge in [-0.2, -0.15) is 9.94 Å². The van der Waals surface area contributed by atoms with Gasteiger partial charge in [0.05, 0.1) is 4.88 Å². The molecule has 0 saturated heterocycles. The molecule has 0 amide bonds. The summed E-state index contributed by atoms with van der Waals surface area (Å²) in [4.78, 5) is 14.8. The summed E-state index contributed by atoms with van der Waals surface area (Å²) in [5.41, 5.74) is 2.38. The third-order valence-electron chi connectivity index (χ3n) is 5.56. The molecule has 1 aromatic carbocycles. The summed E-state index contributed by atoms with van der Waals surface area (Å²) in [5.74, 6) is 0. The van der Waals surface area contributed by atoms with Crippen LogP contribution in [0, 0.1) is 25.2 Å². The van der Waals surface area contributed by atoms with Crippen LogP contribution < -0.4 is 10.4 Å². The summed E-state index contributed by atoms with van der Waals surface area (Å²) in [7, 11) is 0. The van der Waals surface area contributed by atoms with Crippen LogP contribution in [-0.4, -0.2) is 9.24 Å². The van der Waals surface area contributed by atoms with E-state index in [1.807, 2.05) is 37.3 Å². The lowest BCUT2D eigenvalue weighted by atomic mass is 9.95. The van der Waals surface area contributed by atoms with Gasteiger partial charge in [-0.3, -0.25) is 4.79 Å². The smallest absolute Gasteiger partial charge is 0.289 e. The lowest BCUT2D eigenvalue weighted by Crippen LogP contribution is -2.28. The first-order chi connectivity index (χ1) is 14.1. The van der Waals surface area contributed by atoms with Crippen molar-refractivity contribution >= 4 is 11.3 Å². The second kappa shape index (κ2) is 8.22. The van der Waals surface area contributed by atoms with E-state index in [0.29, 0.717) is 11.6 Å². The number of nitrogens with zero attached hydrogens (tertiary/aromatic N) is 4. The van der Waals surface area contributed by atoms with Crippen LogP contribution in [0.2, 0.25) is 0 Å². The highest BCUT2D eigenvalue weighted by molar-refractivity contribution is 7.12. The largest absolute Gasteiger partial charge is 0.319 e. The molecule has 0 aliphatic heterocycles. The van der Waals surface area contributed by atoms with Crippen molar-refractivity contribution in [1.82, 2.24) is 9.24 Å². The number of hydrogen-bond donors (Lipinski definition) is 0. The average Bonchev–Trinajstić information content (AvgIpc) is 3.16. The molecule has 0 atom stereocenters. The minimum absolute atomic E-state index is 0.156. The molecule has 0 radical (unpaired) electrons. The number of nitriles is 1. The van der Waals surface area contributed by atoms with Crippen molar-refractivity contribution in [3.63, 3.8) is 0 Å². The molecule has 1 fully saturated rings. The maximum absolute atomic E-state index is 12.9.